The quantitative estimate of drug-likeness (QED) is 0.784. The molecule has 0 spiro atoms. The van der Waals surface area contributed by atoms with Crippen LogP contribution in [0, 0.1) is 0 Å². The molecule has 0 bridgehead atoms. The van der Waals surface area contributed by atoms with Crippen LogP contribution in [0.4, 0.5) is 5.13 Å². The minimum atomic E-state index is -0.192. The predicted octanol–water partition coefficient (Wildman–Crippen LogP) is 2.96. The maximum Gasteiger partial charge on any atom is 0.315 e. The summed E-state index contributed by atoms with van der Waals surface area (Å²) in [7, 11) is 0. The fourth-order valence-electron chi connectivity index (χ4n) is 2.50. The van der Waals surface area contributed by atoms with Crippen LogP contribution < -0.4 is 5.32 Å². The minimum Gasteiger partial charge on any atom is -0.465 e. The Kier molecular flexibility index (Phi) is 5.99. The molecule has 0 saturated heterocycles. The molecule has 21 heavy (non-hydrogen) atoms. The predicted molar refractivity (Wildman–Crippen MR) is 84.0 cm³/mol. The lowest BCUT2D eigenvalue weighted by Crippen LogP contribution is -2.22. The number of hydrogen-bond donors (Lipinski definition) is 1. The van der Waals surface area contributed by atoms with Crippen molar-refractivity contribution in [2.75, 3.05) is 25.1 Å². The molecular weight excluding hydrogens is 288 g/mol. The van der Waals surface area contributed by atoms with E-state index in [0.717, 1.165) is 30.1 Å². The number of anilines is 1. The number of fused-ring (bicyclic) bond motifs is 1. The molecule has 1 N–H and O–H groups in total. The van der Waals surface area contributed by atoms with Crippen molar-refractivity contribution < 1.29 is 14.3 Å². The maximum atomic E-state index is 12.0. The zero-order chi connectivity index (χ0) is 15.2. The molecule has 6 heteroatoms. The highest BCUT2D eigenvalue weighted by Crippen LogP contribution is 2.37. The zero-order valence-electron chi connectivity index (χ0n) is 13.0. The van der Waals surface area contributed by atoms with E-state index < -0.39 is 0 Å². The summed E-state index contributed by atoms with van der Waals surface area (Å²) < 4.78 is 10.6. The van der Waals surface area contributed by atoms with Crippen LogP contribution in [0.2, 0.25) is 0 Å². The van der Waals surface area contributed by atoms with E-state index in [-0.39, 0.29) is 17.9 Å². The number of aromatic nitrogens is 1. The molecule has 1 aromatic heterocycles. The van der Waals surface area contributed by atoms with Gasteiger partial charge >= 0.3 is 5.97 Å². The van der Waals surface area contributed by atoms with Crippen LogP contribution in [-0.4, -0.2) is 36.8 Å². The lowest BCUT2D eigenvalue weighted by Gasteiger charge is -2.19. The van der Waals surface area contributed by atoms with Gasteiger partial charge in [-0.1, -0.05) is 0 Å². The van der Waals surface area contributed by atoms with E-state index >= 15 is 0 Å². The first-order chi connectivity index (χ1) is 10.2. The largest absolute Gasteiger partial charge is 0.465 e. The van der Waals surface area contributed by atoms with Crippen molar-refractivity contribution in [2.45, 2.75) is 52.0 Å². The Bertz CT molecular complexity index is 475. The van der Waals surface area contributed by atoms with Crippen molar-refractivity contribution in [2.24, 2.45) is 0 Å². The summed E-state index contributed by atoms with van der Waals surface area (Å²) in [5.41, 5.74) is 0.913. The summed E-state index contributed by atoms with van der Waals surface area (Å²) in [5, 5.41) is 4.23. The Balaban J connectivity index is 2.06. The number of carbonyl (C=O) groups excluding carboxylic acids is 1. The minimum absolute atomic E-state index is 0.141. The molecule has 0 aliphatic heterocycles. The van der Waals surface area contributed by atoms with E-state index in [4.69, 9.17) is 9.47 Å². The molecule has 2 unspecified atom stereocenters. The van der Waals surface area contributed by atoms with Gasteiger partial charge in [-0.05, 0) is 40.0 Å². The van der Waals surface area contributed by atoms with E-state index in [1.807, 2.05) is 13.8 Å². The van der Waals surface area contributed by atoms with Crippen molar-refractivity contribution in [3.63, 3.8) is 0 Å². The smallest absolute Gasteiger partial charge is 0.315 e. The number of rotatable bonds is 7. The molecule has 0 aromatic carbocycles. The molecule has 1 aliphatic rings. The monoisotopic (exact) mass is 312 g/mol. The van der Waals surface area contributed by atoms with Gasteiger partial charge in [0.25, 0.3) is 0 Å². The maximum absolute atomic E-state index is 12.0. The third-order valence-corrected chi connectivity index (χ3v) is 4.53. The number of hydrogen-bond acceptors (Lipinski definition) is 6. The van der Waals surface area contributed by atoms with Crippen LogP contribution in [0.3, 0.4) is 0 Å². The van der Waals surface area contributed by atoms with Crippen LogP contribution in [0.1, 0.15) is 50.1 Å². The lowest BCUT2D eigenvalue weighted by atomic mass is 9.91. The summed E-state index contributed by atoms with van der Waals surface area (Å²) in [4.78, 5) is 17.9. The molecule has 0 amide bonds. The number of aryl methyl sites for hydroxylation is 1. The fraction of sp³-hybridized carbons (Fsp3) is 0.733. The van der Waals surface area contributed by atoms with E-state index in [1.165, 1.54) is 4.88 Å². The molecule has 0 radical (unpaired) electrons. The van der Waals surface area contributed by atoms with Gasteiger partial charge in [0.15, 0.2) is 5.13 Å². The molecule has 0 fully saturated rings. The van der Waals surface area contributed by atoms with Crippen LogP contribution in [0.5, 0.6) is 0 Å². The topological polar surface area (TPSA) is 60.5 Å². The lowest BCUT2D eigenvalue weighted by molar-refractivity contribution is -0.145. The van der Waals surface area contributed by atoms with Crippen molar-refractivity contribution >= 4 is 22.4 Å². The van der Waals surface area contributed by atoms with Gasteiger partial charge in [-0.2, -0.15) is 0 Å². The molecule has 1 aromatic rings. The SMILES string of the molecule is CCOCC(C)Nc1nc2c(s1)CCCC2C(=O)OCC. The number of esters is 1. The molecule has 1 aliphatic carbocycles. The van der Waals surface area contributed by atoms with Crippen molar-refractivity contribution in [1.29, 1.82) is 0 Å². The Morgan fingerprint density at radius 2 is 2.29 bits per heavy atom. The average molecular weight is 312 g/mol. The highest BCUT2D eigenvalue weighted by Gasteiger charge is 2.31. The molecular formula is C15H24N2O3S. The van der Waals surface area contributed by atoms with E-state index in [2.05, 4.69) is 17.2 Å². The van der Waals surface area contributed by atoms with Crippen LogP contribution in [0.25, 0.3) is 0 Å². The summed E-state index contributed by atoms with van der Waals surface area (Å²) in [6, 6.07) is 0.207. The molecule has 0 saturated carbocycles. The van der Waals surface area contributed by atoms with Crippen molar-refractivity contribution in [1.82, 2.24) is 4.98 Å². The van der Waals surface area contributed by atoms with E-state index in [0.29, 0.717) is 19.8 Å². The highest BCUT2D eigenvalue weighted by atomic mass is 32.1. The van der Waals surface area contributed by atoms with Crippen molar-refractivity contribution in [3.8, 4) is 0 Å². The summed E-state index contributed by atoms with van der Waals surface area (Å²) in [6.45, 7) is 7.68. The number of thiazole rings is 1. The van der Waals surface area contributed by atoms with Crippen molar-refractivity contribution in [3.05, 3.63) is 10.6 Å². The summed E-state index contributed by atoms with van der Waals surface area (Å²) >= 11 is 1.65. The number of nitrogens with zero attached hydrogens (tertiary/aromatic N) is 1. The number of nitrogens with one attached hydrogen (secondary N) is 1. The molecule has 1 heterocycles. The van der Waals surface area contributed by atoms with Crippen LogP contribution in [0.15, 0.2) is 0 Å². The Labute approximate surface area is 130 Å². The molecule has 2 rings (SSSR count). The first-order valence-corrected chi connectivity index (χ1v) is 8.47. The zero-order valence-corrected chi connectivity index (χ0v) is 13.8. The highest BCUT2D eigenvalue weighted by molar-refractivity contribution is 7.15. The normalized spacial score (nSPS) is 18.9. The van der Waals surface area contributed by atoms with Gasteiger partial charge in [0.05, 0.1) is 18.9 Å². The molecule has 2 atom stereocenters. The third-order valence-electron chi connectivity index (χ3n) is 3.47. The van der Waals surface area contributed by atoms with Gasteiger partial charge in [-0.25, -0.2) is 4.98 Å². The fourth-order valence-corrected chi connectivity index (χ4v) is 3.68. The number of ether oxygens (including phenoxy) is 2. The first kappa shape index (κ1) is 16.2. The summed E-state index contributed by atoms with van der Waals surface area (Å²) in [5.74, 6) is -0.333. The van der Waals surface area contributed by atoms with E-state index in [9.17, 15) is 4.79 Å². The van der Waals surface area contributed by atoms with Gasteiger partial charge < -0.3 is 14.8 Å². The van der Waals surface area contributed by atoms with Gasteiger partial charge in [-0.3, -0.25) is 4.79 Å². The Morgan fingerprint density at radius 3 is 3.00 bits per heavy atom. The van der Waals surface area contributed by atoms with Crippen LogP contribution >= 0.6 is 11.3 Å². The van der Waals surface area contributed by atoms with Gasteiger partial charge in [-0.15, -0.1) is 11.3 Å². The standard InChI is InChI=1S/C15H24N2O3S/c1-4-19-9-10(3)16-15-17-13-11(14(18)20-5-2)7-6-8-12(13)21-15/h10-11H,4-9H2,1-3H3,(H,16,17). The third kappa shape index (κ3) is 4.17. The first-order valence-electron chi connectivity index (χ1n) is 7.66. The molecule has 118 valence electrons. The second-order valence-corrected chi connectivity index (χ2v) is 6.31. The number of carbonyl (C=O) groups is 1. The second kappa shape index (κ2) is 7.75. The van der Waals surface area contributed by atoms with E-state index in [1.54, 1.807) is 11.3 Å². The Morgan fingerprint density at radius 1 is 1.48 bits per heavy atom. The molecule has 5 nitrogen and oxygen atoms in total. The van der Waals surface area contributed by atoms with Gasteiger partial charge in [0.1, 0.15) is 5.92 Å². The van der Waals surface area contributed by atoms with Gasteiger partial charge in [0.2, 0.25) is 0 Å². The Hall–Kier alpha value is -1.14. The second-order valence-electron chi connectivity index (χ2n) is 5.23. The van der Waals surface area contributed by atoms with Crippen LogP contribution in [-0.2, 0) is 20.7 Å². The average Bonchev–Trinajstić information content (AvgIpc) is 2.87. The summed E-state index contributed by atoms with van der Waals surface area (Å²) in [6.07, 6.45) is 2.86. The van der Waals surface area contributed by atoms with Gasteiger partial charge in [0, 0.05) is 17.5 Å².